The lowest BCUT2D eigenvalue weighted by atomic mass is 10.2. The van der Waals surface area contributed by atoms with Crippen LogP contribution in [0.25, 0.3) is 0 Å². The number of hydrogen-bond acceptors (Lipinski definition) is 0. The third kappa shape index (κ3) is 4.63. The first-order valence-electron chi connectivity index (χ1n) is 3.73. The fourth-order valence-electron chi connectivity index (χ4n) is 0.688. The van der Waals surface area contributed by atoms with Crippen LogP contribution in [0, 0.1) is 0 Å². The Balaban J connectivity index is 0.000000561. The summed E-state index contributed by atoms with van der Waals surface area (Å²) in [4.78, 5) is 0. The predicted octanol–water partition coefficient (Wildman–Crippen LogP) is 5.13. The molecule has 0 N–H and O–H groups in total. The van der Waals surface area contributed by atoms with E-state index in [9.17, 15) is 0 Å². The molecule has 0 aliphatic heterocycles. The zero-order chi connectivity index (χ0) is 9.56. The molecule has 0 heterocycles. The quantitative estimate of drug-likeness (QED) is 0.610. The van der Waals surface area contributed by atoms with Crippen molar-refractivity contribution in [1.29, 1.82) is 0 Å². The van der Waals surface area contributed by atoms with Crippen LogP contribution in [0.4, 0.5) is 0 Å². The Morgan fingerprint density at radius 3 is 1.75 bits per heavy atom. The first kappa shape index (κ1) is 12.7. The Hall–Kier alpha value is 0.660. The predicted molar refractivity (Wildman–Crippen MR) is 65.8 cm³/mol. The van der Waals surface area contributed by atoms with Crippen molar-refractivity contribution in [3.8, 4) is 0 Å². The van der Waals surface area contributed by atoms with E-state index in [1.54, 1.807) is 0 Å². The van der Waals surface area contributed by atoms with Crippen molar-refractivity contribution in [1.82, 2.24) is 0 Å². The lowest BCUT2D eigenvalue weighted by Crippen LogP contribution is -1.76. The SMILES string of the molecule is BrCc1cc(Br)cc(Br)c1.CC. The Kier molecular flexibility index (Phi) is 7.49. The molecule has 1 aromatic carbocycles. The maximum atomic E-state index is 3.40. The van der Waals surface area contributed by atoms with E-state index < -0.39 is 0 Å². The van der Waals surface area contributed by atoms with E-state index >= 15 is 0 Å². The number of hydrogen-bond donors (Lipinski definition) is 0. The van der Waals surface area contributed by atoms with E-state index in [2.05, 4.69) is 59.9 Å². The Morgan fingerprint density at radius 2 is 1.42 bits per heavy atom. The van der Waals surface area contributed by atoms with Crippen molar-refractivity contribution in [2.45, 2.75) is 19.2 Å². The van der Waals surface area contributed by atoms with Crippen LogP contribution in [-0.4, -0.2) is 0 Å². The summed E-state index contributed by atoms with van der Waals surface area (Å²) in [6, 6.07) is 6.19. The molecule has 0 nitrogen and oxygen atoms in total. The second kappa shape index (κ2) is 7.10. The van der Waals surface area contributed by atoms with E-state index in [4.69, 9.17) is 0 Å². The van der Waals surface area contributed by atoms with Crippen LogP contribution >= 0.6 is 47.8 Å². The molecule has 0 amide bonds. The van der Waals surface area contributed by atoms with Gasteiger partial charge in [-0.1, -0.05) is 61.6 Å². The molecule has 68 valence electrons. The second-order valence-electron chi connectivity index (χ2n) is 1.91. The standard InChI is InChI=1S/C7H5Br3.C2H6/c8-4-5-1-6(9)3-7(10)2-5;1-2/h1-3H,4H2;1-2H3. The van der Waals surface area contributed by atoms with Crippen molar-refractivity contribution in [3.05, 3.63) is 32.7 Å². The van der Waals surface area contributed by atoms with Gasteiger partial charge >= 0.3 is 0 Å². The van der Waals surface area contributed by atoms with E-state index in [0.29, 0.717) is 0 Å². The third-order valence-electron chi connectivity index (χ3n) is 1.08. The molecule has 12 heavy (non-hydrogen) atoms. The Bertz CT molecular complexity index is 213. The molecule has 3 heteroatoms. The van der Waals surface area contributed by atoms with Gasteiger partial charge < -0.3 is 0 Å². The largest absolute Gasteiger partial charge is 0.0876 e. The minimum Gasteiger partial charge on any atom is -0.0876 e. The van der Waals surface area contributed by atoms with E-state index in [-0.39, 0.29) is 0 Å². The van der Waals surface area contributed by atoms with Crippen LogP contribution in [0.2, 0.25) is 0 Å². The van der Waals surface area contributed by atoms with Crippen molar-refractivity contribution in [2.75, 3.05) is 0 Å². The maximum Gasteiger partial charge on any atom is 0.0283 e. The van der Waals surface area contributed by atoms with Gasteiger partial charge in [-0.05, 0) is 23.8 Å². The highest BCUT2D eigenvalue weighted by Gasteiger charge is 1.94. The normalized spacial score (nSPS) is 8.75. The number of rotatable bonds is 1. The smallest absolute Gasteiger partial charge is 0.0283 e. The third-order valence-corrected chi connectivity index (χ3v) is 2.64. The second-order valence-corrected chi connectivity index (χ2v) is 4.30. The molecule has 0 saturated carbocycles. The highest BCUT2D eigenvalue weighted by Crippen LogP contribution is 2.21. The molecular weight excluding hydrogens is 348 g/mol. The Labute approximate surface area is 99.1 Å². The first-order chi connectivity index (χ1) is 5.72. The zero-order valence-corrected chi connectivity index (χ0v) is 11.8. The molecular formula is C9H11Br3. The van der Waals surface area contributed by atoms with E-state index in [1.807, 2.05) is 19.9 Å². The van der Waals surface area contributed by atoms with Gasteiger partial charge in [-0.25, -0.2) is 0 Å². The minimum atomic E-state index is 0.894. The van der Waals surface area contributed by atoms with Crippen LogP contribution in [0.15, 0.2) is 27.1 Å². The number of alkyl halides is 1. The van der Waals surface area contributed by atoms with Gasteiger partial charge in [-0.15, -0.1) is 0 Å². The van der Waals surface area contributed by atoms with E-state index in [0.717, 1.165) is 14.3 Å². The van der Waals surface area contributed by atoms with Gasteiger partial charge in [0.05, 0.1) is 0 Å². The highest BCUT2D eigenvalue weighted by molar-refractivity contribution is 9.11. The molecule has 0 atom stereocenters. The topological polar surface area (TPSA) is 0 Å². The van der Waals surface area contributed by atoms with Gasteiger partial charge in [-0.2, -0.15) is 0 Å². The summed E-state index contributed by atoms with van der Waals surface area (Å²) in [7, 11) is 0. The summed E-state index contributed by atoms with van der Waals surface area (Å²) < 4.78 is 2.22. The molecule has 0 bridgehead atoms. The lowest BCUT2D eigenvalue weighted by molar-refractivity contribution is 1.40. The van der Waals surface area contributed by atoms with Crippen LogP contribution in [0.5, 0.6) is 0 Å². The average molecular weight is 359 g/mol. The summed E-state index contributed by atoms with van der Waals surface area (Å²) in [5.74, 6) is 0. The Morgan fingerprint density at radius 1 is 1.00 bits per heavy atom. The zero-order valence-electron chi connectivity index (χ0n) is 7.07. The molecule has 0 aliphatic rings. The van der Waals surface area contributed by atoms with Crippen molar-refractivity contribution in [3.63, 3.8) is 0 Å². The molecule has 0 radical (unpaired) electrons. The summed E-state index contributed by atoms with van der Waals surface area (Å²) in [5.41, 5.74) is 1.27. The maximum absolute atomic E-state index is 3.40. The molecule has 0 unspecified atom stereocenters. The minimum absolute atomic E-state index is 0.894. The molecule has 0 aromatic heterocycles. The van der Waals surface area contributed by atoms with Gasteiger partial charge in [0.15, 0.2) is 0 Å². The molecule has 0 saturated heterocycles. The van der Waals surface area contributed by atoms with Crippen molar-refractivity contribution >= 4 is 47.8 Å². The van der Waals surface area contributed by atoms with E-state index in [1.165, 1.54) is 5.56 Å². The van der Waals surface area contributed by atoms with Crippen LogP contribution in [0.3, 0.4) is 0 Å². The lowest BCUT2D eigenvalue weighted by Gasteiger charge is -1.97. The molecule has 1 rings (SSSR count). The van der Waals surface area contributed by atoms with Crippen molar-refractivity contribution < 1.29 is 0 Å². The summed E-state index contributed by atoms with van der Waals surface area (Å²) in [6.45, 7) is 4.00. The fourth-order valence-corrected chi connectivity index (χ4v) is 2.40. The fraction of sp³-hybridized carbons (Fsp3) is 0.333. The summed E-state index contributed by atoms with van der Waals surface area (Å²) >= 11 is 10.2. The molecule has 1 aromatic rings. The number of benzene rings is 1. The van der Waals surface area contributed by atoms with Gasteiger partial charge in [0.1, 0.15) is 0 Å². The molecule has 0 aliphatic carbocycles. The van der Waals surface area contributed by atoms with Gasteiger partial charge in [0.25, 0.3) is 0 Å². The highest BCUT2D eigenvalue weighted by atomic mass is 79.9. The van der Waals surface area contributed by atoms with Crippen LogP contribution < -0.4 is 0 Å². The van der Waals surface area contributed by atoms with Crippen LogP contribution in [0.1, 0.15) is 19.4 Å². The number of halogens is 3. The first-order valence-corrected chi connectivity index (χ1v) is 6.44. The van der Waals surface area contributed by atoms with Crippen molar-refractivity contribution in [2.24, 2.45) is 0 Å². The molecule has 0 spiro atoms. The van der Waals surface area contributed by atoms with Crippen LogP contribution in [-0.2, 0) is 5.33 Å². The van der Waals surface area contributed by atoms with Gasteiger partial charge in [0, 0.05) is 14.3 Å². The average Bonchev–Trinajstić information content (AvgIpc) is 2.06. The summed E-state index contributed by atoms with van der Waals surface area (Å²) in [6.07, 6.45) is 0. The van der Waals surface area contributed by atoms with Gasteiger partial charge in [-0.3, -0.25) is 0 Å². The monoisotopic (exact) mass is 356 g/mol. The van der Waals surface area contributed by atoms with Gasteiger partial charge in [0.2, 0.25) is 0 Å². The molecule has 0 fully saturated rings. The summed E-state index contributed by atoms with van der Waals surface area (Å²) in [5, 5.41) is 0.894.